The molecule has 2 amide bonds. The molecule has 144 valence electrons. The summed E-state index contributed by atoms with van der Waals surface area (Å²) < 4.78 is 69.3. The van der Waals surface area contributed by atoms with Gasteiger partial charge in [-0.25, -0.2) is 13.6 Å². The van der Waals surface area contributed by atoms with Crippen LogP contribution in [0.3, 0.4) is 0 Å². The number of rotatable bonds is 6. The molecule has 3 aliphatic rings. The van der Waals surface area contributed by atoms with E-state index in [9.17, 15) is 26.7 Å². The molecule has 2 N–H and O–H groups in total. The molecule has 0 heterocycles. The zero-order valence-corrected chi connectivity index (χ0v) is 14.0. The van der Waals surface area contributed by atoms with E-state index in [0.717, 1.165) is 12.1 Å². The second-order valence-electron chi connectivity index (χ2n) is 7.20. The van der Waals surface area contributed by atoms with Crippen LogP contribution in [0.15, 0.2) is 24.3 Å². The van der Waals surface area contributed by atoms with Gasteiger partial charge in [-0.2, -0.15) is 13.2 Å². The predicted molar refractivity (Wildman–Crippen MR) is 82.7 cm³/mol. The molecule has 0 spiro atoms. The molecule has 2 bridgehead atoms. The van der Waals surface area contributed by atoms with Crippen molar-refractivity contribution in [2.45, 2.75) is 43.4 Å². The summed E-state index contributed by atoms with van der Waals surface area (Å²) in [6.45, 7) is -0.0251. The molecule has 1 aromatic rings. The van der Waals surface area contributed by atoms with Crippen molar-refractivity contribution >= 4 is 6.03 Å². The van der Waals surface area contributed by atoms with Crippen LogP contribution in [0.2, 0.25) is 0 Å². The second kappa shape index (κ2) is 6.37. The molecule has 1 unspecified atom stereocenters. The molecule has 0 saturated heterocycles. The average molecular weight is 378 g/mol. The van der Waals surface area contributed by atoms with Crippen molar-refractivity contribution in [2.75, 3.05) is 13.7 Å². The Labute approximate surface area is 147 Å². The van der Waals surface area contributed by atoms with E-state index < -0.39 is 41.2 Å². The van der Waals surface area contributed by atoms with Gasteiger partial charge in [0.05, 0.1) is 18.2 Å². The molecule has 4 nitrogen and oxygen atoms in total. The molecule has 3 aliphatic carbocycles. The van der Waals surface area contributed by atoms with Crippen molar-refractivity contribution < 1.29 is 31.5 Å². The number of urea groups is 1. The first-order chi connectivity index (χ1) is 12.1. The molecule has 4 rings (SSSR count). The number of hydrogen-bond acceptors (Lipinski definition) is 2. The van der Waals surface area contributed by atoms with Gasteiger partial charge in [-0.05, 0) is 37.0 Å². The molecule has 1 atom stereocenters. The number of nitrogens with one attached hydrogen (secondary N) is 2. The maximum atomic E-state index is 12.9. The van der Waals surface area contributed by atoms with Gasteiger partial charge in [-0.1, -0.05) is 12.1 Å². The molecule has 0 aromatic heterocycles. The van der Waals surface area contributed by atoms with Crippen LogP contribution in [0.1, 0.15) is 36.4 Å². The summed E-state index contributed by atoms with van der Waals surface area (Å²) in [5.41, 5.74) is -2.17. The zero-order valence-electron chi connectivity index (χ0n) is 14.0. The smallest absolute Gasteiger partial charge is 0.382 e. The second-order valence-corrected chi connectivity index (χ2v) is 7.20. The number of benzene rings is 1. The third kappa shape index (κ3) is 3.36. The van der Waals surface area contributed by atoms with Gasteiger partial charge in [0, 0.05) is 18.1 Å². The number of ether oxygens (including phenoxy) is 1. The first kappa shape index (κ1) is 18.9. The maximum Gasteiger partial charge on any atom is 0.416 e. The van der Waals surface area contributed by atoms with Gasteiger partial charge in [-0.15, -0.1) is 0 Å². The summed E-state index contributed by atoms with van der Waals surface area (Å²) in [4.78, 5) is 12.2. The van der Waals surface area contributed by atoms with E-state index in [-0.39, 0.29) is 31.4 Å². The fraction of sp³-hybridized carbons (Fsp3) is 0.588. The Morgan fingerprint density at radius 2 is 1.92 bits per heavy atom. The van der Waals surface area contributed by atoms with Gasteiger partial charge < -0.3 is 15.4 Å². The SMILES string of the molecule is COCC(NC(=O)NC12CC(C(F)F)(C1)C2)c1cccc(C(F)(F)F)c1. The number of halogens is 5. The lowest BCUT2D eigenvalue weighted by atomic mass is 9.39. The van der Waals surface area contributed by atoms with Crippen molar-refractivity contribution in [1.82, 2.24) is 10.6 Å². The number of carbonyl (C=O) groups is 1. The highest BCUT2D eigenvalue weighted by Crippen LogP contribution is 2.69. The largest absolute Gasteiger partial charge is 0.416 e. The van der Waals surface area contributed by atoms with Crippen LogP contribution < -0.4 is 10.6 Å². The standard InChI is InChI=1S/C17H19F5N2O2/c1-26-6-12(10-3-2-4-11(5-10)17(20,21)22)23-14(25)24-16-7-15(8-16,9-16)13(18)19/h2-5,12-13H,6-9H2,1H3,(H2,23,24,25). The Kier molecular flexibility index (Phi) is 4.62. The molecular formula is C17H19F5N2O2. The van der Waals surface area contributed by atoms with Crippen molar-refractivity contribution in [3.8, 4) is 0 Å². The van der Waals surface area contributed by atoms with Crippen molar-refractivity contribution in [3.63, 3.8) is 0 Å². The van der Waals surface area contributed by atoms with Crippen LogP contribution >= 0.6 is 0 Å². The van der Waals surface area contributed by atoms with E-state index >= 15 is 0 Å². The summed E-state index contributed by atoms with van der Waals surface area (Å²) in [7, 11) is 1.37. The van der Waals surface area contributed by atoms with Crippen LogP contribution in [-0.2, 0) is 10.9 Å². The van der Waals surface area contributed by atoms with Crippen molar-refractivity contribution in [3.05, 3.63) is 35.4 Å². The van der Waals surface area contributed by atoms with E-state index in [2.05, 4.69) is 10.6 Å². The van der Waals surface area contributed by atoms with Crippen molar-refractivity contribution in [1.29, 1.82) is 0 Å². The number of carbonyl (C=O) groups excluding carboxylic acids is 1. The minimum Gasteiger partial charge on any atom is -0.382 e. The number of hydrogen-bond donors (Lipinski definition) is 2. The monoisotopic (exact) mass is 378 g/mol. The molecule has 0 aliphatic heterocycles. The van der Waals surface area contributed by atoms with Crippen LogP contribution in [-0.4, -0.2) is 31.7 Å². The van der Waals surface area contributed by atoms with Crippen molar-refractivity contribution in [2.24, 2.45) is 5.41 Å². The molecule has 0 radical (unpaired) electrons. The fourth-order valence-electron chi connectivity index (χ4n) is 3.99. The normalized spacial score (nSPS) is 28.1. The number of amides is 2. The average Bonchev–Trinajstić information content (AvgIpc) is 2.48. The van der Waals surface area contributed by atoms with Crippen LogP contribution in [0, 0.1) is 5.41 Å². The molecule has 3 fully saturated rings. The number of methoxy groups -OCH3 is 1. The van der Waals surface area contributed by atoms with Gasteiger partial charge in [0.2, 0.25) is 6.43 Å². The van der Waals surface area contributed by atoms with E-state index in [4.69, 9.17) is 4.74 Å². The Hall–Kier alpha value is -1.90. The molecule has 9 heteroatoms. The molecule has 1 aromatic carbocycles. The lowest BCUT2D eigenvalue weighted by Gasteiger charge is -2.69. The predicted octanol–water partition coefficient (Wildman–Crippen LogP) is 3.88. The van der Waals surface area contributed by atoms with Crippen LogP contribution in [0.25, 0.3) is 0 Å². The van der Waals surface area contributed by atoms with Gasteiger partial charge in [0.25, 0.3) is 0 Å². The molecule has 3 saturated carbocycles. The Balaban J connectivity index is 1.63. The summed E-state index contributed by atoms with van der Waals surface area (Å²) in [5, 5.41) is 5.25. The third-order valence-corrected chi connectivity index (χ3v) is 5.17. The molecule has 26 heavy (non-hydrogen) atoms. The van der Waals surface area contributed by atoms with Gasteiger partial charge >= 0.3 is 12.2 Å². The topological polar surface area (TPSA) is 50.4 Å². The van der Waals surface area contributed by atoms with E-state index in [0.29, 0.717) is 0 Å². The van der Waals surface area contributed by atoms with Gasteiger partial charge in [0.1, 0.15) is 0 Å². The fourth-order valence-corrected chi connectivity index (χ4v) is 3.99. The third-order valence-electron chi connectivity index (χ3n) is 5.17. The minimum atomic E-state index is -4.49. The molecular weight excluding hydrogens is 359 g/mol. The highest BCUT2D eigenvalue weighted by atomic mass is 19.4. The summed E-state index contributed by atoms with van der Waals surface area (Å²) in [6, 6.07) is 3.22. The first-order valence-corrected chi connectivity index (χ1v) is 8.12. The van der Waals surface area contributed by atoms with E-state index in [1.807, 2.05) is 0 Å². The summed E-state index contributed by atoms with van der Waals surface area (Å²) in [5.74, 6) is 0. The maximum absolute atomic E-state index is 12.9. The Bertz CT molecular complexity index is 672. The Morgan fingerprint density at radius 1 is 1.27 bits per heavy atom. The highest BCUT2D eigenvalue weighted by molar-refractivity contribution is 5.76. The van der Waals surface area contributed by atoms with Gasteiger partial charge in [0.15, 0.2) is 0 Å². The lowest BCUT2D eigenvalue weighted by Crippen LogP contribution is -2.77. The minimum absolute atomic E-state index is 0.0251. The zero-order chi connectivity index (χ0) is 19.2. The highest BCUT2D eigenvalue weighted by Gasteiger charge is 2.72. The Morgan fingerprint density at radius 3 is 2.46 bits per heavy atom. The number of alkyl halides is 5. The lowest BCUT2D eigenvalue weighted by molar-refractivity contribution is -0.223. The summed E-state index contributed by atoms with van der Waals surface area (Å²) >= 11 is 0. The first-order valence-electron chi connectivity index (χ1n) is 8.12. The van der Waals surface area contributed by atoms with E-state index in [1.165, 1.54) is 19.2 Å². The summed E-state index contributed by atoms with van der Waals surface area (Å²) in [6.07, 6.45) is -6.22. The van der Waals surface area contributed by atoms with Gasteiger partial charge in [-0.3, -0.25) is 0 Å². The quantitative estimate of drug-likeness (QED) is 0.738. The van der Waals surface area contributed by atoms with Crippen LogP contribution in [0.5, 0.6) is 0 Å². The van der Waals surface area contributed by atoms with E-state index in [1.54, 1.807) is 0 Å². The van der Waals surface area contributed by atoms with Crippen LogP contribution in [0.4, 0.5) is 26.7 Å².